The summed E-state index contributed by atoms with van der Waals surface area (Å²) in [6.45, 7) is 5.60. The molecule has 2 nitrogen and oxygen atoms in total. The lowest BCUT2D eigenvalue weighted by atomic mass is 10.1. The van der Waals surface area contributed by atoms with Gasteiger partial charge in [0.15, 0.2) is 0 Å². The molecule has 0 saturated heterocycles. The average Bonchev–Trinajstić information content (AvgIpc) is 2.72. The number of aromatic nitrogens is 2. The van der Waals surface area contributed by atoms with E-state index in [4.69, 9.17) is 0 Å². The summed E-state index contributed by atoms with van der Waals surface area (Å²) in [5.41, 5.74) is 0. The minimum Gasteiger partial charge on any atom is -0.335 e. The van der Waals surface area contributed by atoms with E-state index in [1.54, 1.807) is 0 Å². The molecule has 1 rings (SSSR count). The molecule has 0 aliphatic carbocycles. The van der Waals surface area contributed by atoms with Crippen molar-refractivity contribution in [3.63, 3.8) is 0 Å². The van der Waals surface area contributed by atoms with Crippen LogP contribution >= 0.6 is 0 Å². The number of hydrogen-bond donors (Lipinski definition) is 0. The van der Waals surface area contributed by atoms with E-state index in [9.17, 15) is 0 Å². The number of unbranched alkanes of at least 4 members (excludes halogenated alkanes) is 5. The molecule has 0 spiro atoms. The highest BCUT2D eigenvalue weighted by molar-refractivity contribution is 4.92. The molecule has 0 aliphatic heterocycles. The summed E-state index contributed by atoms with van der Waals surface area (Å²) in [5.74, 6) is 1.28. The zero-order valence-electron chi connectivity index (χ0n) is 10.9. The van der Waals surface area contributed by atoms with E-state index < -0.39 is 0 Å². The fourth-order valence-corrected chi connectivity index (χ4v) is 2.08. The maximum absolute atomic E-state index is 4.43. The van der Waals surface area contributed by atoms with E-state index in [0.717, 1.165) is 13.0 Å². The van der Waals surface area contributed by atoms with Crippen molar-refractivity contribution in [3.8, 4) is 0 Å². The van der Waals surface area contributed by atoms with Gasteiger partial charge in [-0.1, -0.05) is 46.0 Å². The Morgan fingerprint density at radius 2 is 1.75 bits per heavy atom. The molecule has 92 valence electrons. The summed E-state index contributed by atoms with van der Waals surface area (Å²) in [5, 5.41) is 0. The quantitative estimate of drug-likeness (QED) is 0.573. The molecular weight excluding hydrogens is 196 g/mol. The van der Waals surface area contributed by atoms with Crippen LogP contribution in [-0.4, -0.2) is 9.55 Å². The molecule has 0 amide bonds. The third-order valence-electron chi connectivity index (χ3n) is 3.02. The van der Waals surface area contributed by atoms with Crippen LogP contribution in [0.25, 0.3) is 0 Å². The highest BCUT2D eigenvalue weighted by Gasteiger charge is 2.01. The first kappa shape index (κ1) is 13.3. The van der Waals surface area contributed by atoms with Crippen molar-refractivity contribution in [2.75, 3.05) is 0 Å². The SMILES string of the molecule is CCCCCCCCc1nccn1CCC. The van der Waals surface area contributed by atoms with E-state index in [0.29, 0.717) is 0 Å². The summed E-state index contributed by atoms with van der Waals surface area (Å²) >= 11 is 0. The molecule has 0 aromatic carbocycles. The van der Waals surface area contributed by atoms with Crippen molar-refractivity contribution in [1.82, 2.24) is 9.55 Å². The van der Waals surface area contributed by atoms with Crippen LogP contribution in [0.15, 0.2) is 12.4 Å². The van der Waals surface area contributed by atoms with Gasteiger partial charge in [0.05, 0.1) is 0 Å². The third-order valence-corrected chi connectivity index (χ3v) is 3.02. The molecule has 0 bridgehead atoms. The highest BCUT2D eigenvalue weighted by atomic mass is 15.1. The topological polar surface area (TPSA) is 17.8 Å². The van der Waals surface area contributed by atoms with Crippen LogP contribution in [0.5, 0.6) is 0 Å². The molecular formula is C14H26N2. The number of hydrogen-bond acceptors (Lipinski definition) is 1. The van der Waals surface area contributed by atoms with Crippen LogP contribution in [0.3, 0.4) is 0 Å². The number of aryl methyl sites for hydroxylation is 2. The Kier molecular flexibility index (Phi) is 6.95. The number of nitrogens with zero attached hydrogens (tertiary/aromatic N) is 2. The fraction of sp³-hybridized carbons (Fsp3) is 0.786. The molecule has 0 unspecified atom stereocenters. The van der Waals surface area contributed by atoms with Crippen LogP contribution in [-0.2, 0) is 13.0 Å². The van der Waals surface area contributed by atoms with Gasteiger partial charge in [-0.25, -0.2) is 4.98 Å². The first-order chi connectivity index (χ1) is 7.88. The highest BCUT2D eigenvalue weighted by Crippen LogP contribution is 2.09. The molecule has 0 radical (unpaired) electrons. The van der Waals surface area contributed by atoms with Gasteiger partial charge in [0.25, 0.3) is 0 Å². The summed E-state index contributed by atoms with van der Waals surface area (Å²) < 4.78 is 2.30. The molecule has 0 aliphatic rings. The predicted molar refractivity (Wildman–Crippen MR) is 69.6 cm³/mol. The van der Waals surface area contributed by atoms with E-state index >= 15 is 0 Å². The Bertz CT molecular complexity index is 265. The van der Waals surface area contributed by atoms with Crippen LogP contribution < -0.4 is 0 Å². The van der Waals surface area contributed by atoms with E-state index in [1.807, 2.05) is 6.20 Å². The van der Waals surface area contributed by atoms with Crippen LogP contribution in [0.4, 0.5) is 0 Å². The largest absolute Gasteiger partial charge is 0.335 e. The average molecular weight is 222 g/mol. The minimum atomic E-state index is 1.12. The molecule has 0 fully saturated rings. The Hall–Kier alpha value is -0.790. The Morgan fingerprint density at radius 3 is 2.50 bits per heavy atom. The molecule has 1 aromatic rings. The van der Waals surface area contributed by atoms with Gasteiger partial charge in [0, 0.05) is 25.4 Å². The third kappa shape index (κ3) is 4.82. The second-order valence-electron chi connectivity index (χ2n) is 4.55. The van der Waals surface area contributed by atoms with Gasteiger partial charge in [-0.2, -0.15) is 0 Å². The van der Waals surface area contributed by atoms with Gasteiger partial charge >= 0.3 is 0 Å². The summed E-state index contributed by atoms with van der Waals surface area (Å²) in [6, 6.07) is 0. The maximum atomic E-state index is 4.43. The van der Waals surface area contributed by atoms with Gasteiger partial charge in [0.1, 0.15) is 5.82 Å². The second-order valence-corrected chi connectivity index (χ2v) is 4.55. The second kappa shape index (κ2) is 8.37. The molecule has 0 saturated carbocycles. The van der Waals surface area contributed by atoms with Gasteiger partial charge in [-0.3, -0.25) is 0 Å². The zero-order chi connectivity index (χ0) is 11.6. The Labute approximate surface area is 100 Å². The first-order valence-corrected chi connectivity index (χ1v) is 6.88. The van der Waals surface area contributed by atoms with Crippen molar-refractivity contribution in [3.05, 3.63) is 18.2 Å². The lowest BCUT2D eigenvalue weighted by molar-refractivity contribution is 0.578. The standard InChI is InChI=1S/C14H26N2/c1-3-5-6-7-8-9-10-14-15-11-13-16(14)12-4-2/h11,13H,3-10,12H2,1-2H3. The maximum Gasteiger partial charge on any atom is 0.108 e. The van der Waals surface area contributed by atoms with E-state index in [2.05, 4.69) is 29.6 Å². The zero-order valence-corrected chi connectivity index (χ0v) is 10.9. The van der Waals surface area contributed by atoms with Crippen molar-refractivity contribution < 1.29 is 0 Å². The smallest absolute Gasteiger partial charge is 0.108 e. The number of rotatable bonds is 9. The molecule has 0 atom stereocenters. The molecule has 0 N–H and O–H groups in total. The molecule has 2 heteroatoms. The fourth-order valence-electron chi connectivity index (χ4n) is 2.08. The van der Waals surface area contributed by atoms with Crippen molar-refractivity contribution in [1.29, 1.82) is 0 Å². The molecule has 16 heavy (non-hydrogen) atoms. The molecule has 1 heterocycles. The van der Waals surface area contributed by atoms with E-state index in [-0.39, 0.29) is 0 Å². The lowest BCUT2D eigenvalue weighted by Crippen LogP contribution is -2.02. The van der Waals surface area contributed by atoms with Crippen molar-refractivity contribution >= 4 is 0 Å². The van der Waals surface area contributed by atoms with Crippen molar-refractivity contribution in [2.45, 2.75) is 71.8 Å². The van der Waals surface area contributed by atoms with Gasteiger partial charge in [0.2, 0.25) is 0 Å². The Balaban J connectivity index is 2.13. The van der Waals surface area contributed by atoms with E-state index in [1.165, 1.54) is 50.8 Å². The van der Waals surface area contributed by atoms with Crippen LogP contribution in [0.1, 0.15) is 64.6 Å². The minimum absolute atomic E-state index is 1.12. The normalized spacial score (nSPS) is 10.9. The molecule has 1 aromatic heterocycles. The van der Waals surface area contributed by atoms with Gasteiger partial charge in [-0.15, -0.1) is 0 Å². The van der Waals surface area contributed by atoms with Crippen LogP contribution in [0, 0.1) is 0 Å². The predicted octanol–water partition coefficient (Wildman–Crippen LogP) is 4.20. The monoisotopic (exact) mass is 222 g/mol. The van der Waals surface area contributed by atoms with Gasteiger partial charge in [-0.05, 0) is 12.8 Å². The lowest BCUT2D eigenvalue weighted by Gasteiger charge is -2.05. The first-order valence-electron chi connectivity index (χ1n) is 6.88. The summed E-state index contributed by atoms with van der Waals surface area (Å²) in [7, 11) is 0. The van der Waals surface area contributed by atoms with Crippen LogP contribution in [0.2, 0.25) is 0 Å². The van der Waals surface area contributed by atoms with Gasteiger partial charge < -0.3 is 4.57 Å². The van der Waals surface area contributed by atoms with Crippen molar-refractivity contribution in [2.24, 2.45) is 0 Å². The summed E-state index contributed by atoms with van der Waals surface area (Å²) in [4.78, 5) is 4.43. The number of imidazole rings is 1. The summed E-state index contributed by atoms with van der Waals surface area (Å²) in [6.07, 6.45) is 14.6. The Morgan fingerprint density at radius 1 is 1.00 bits per heavy atom.